The van der Waals surface area contributed by atoms with Gasteiger partial charge in [0, 0.05) is 17.6 Å². The molecule has 0 atom stereocenters. The number of aromatic nitrogens is 1. The maximum Gasteiger partial charge on any atom is 0.239 e. The van der Waals surface area contributed by atoms with E-state index in [4.69, 9.17) is 16.6 Å². The fourth-order valence-corrected chi connectivity index (χ4v) is 4.96. The van der Waals surface area contributed by atoms with Crippen LogP contribution in [0.2, 0.25) is 0 Å². The number of halogens is 1. The molecule has 0 bridgehead atoms. The highest BCUT2D eigenvalue weighted by atomic mass is 35.5. The molecule has 128 valence electrons. The second-order valence-electron chi connectivity index (χ2n) is 6.84. The summed E-state index contributed by atoms with van der Waals surface area (Å²) in [4.78, 5) is 18.9. The van der Waals surface area contributed by atoms with Crippen molar-refractivity contribution >= 4 is 44.7 Å². The fourth-order valence-electron chi connectivity index (χ4n) is 3.76. The normalized spacial score (nSPS) is 24.7. The van der Waals surface area contributed by atoms with Gasteiger partial charge in [-0.2, -0.15) is 0 Å². The number of hydrogen-bond acceptors (Lipinski definition) is 4. The highest BCUT2D eigenvalue weighted by molar-refractivity contribution is 7.18. The van der Waals surface area contributed by atoms with Crippen LogP contribution < -0.4 is 5.32 Å². The van der Waals surface area contributed by atoms with E-state index in [2.05, 4.69) is 10.2 Å². The van der Waals surface area contributed by atoms with E-state index >= 15 is 0 Å². The molecule has 0 spiro atoms. The Balaban J connectivity index is 1.43. The summed E-state index contributed by atoms with van der Waals surface area (Å²) in [5.41, 5.74) is 1.82. The number of alkyl halides is 1. The predicted octanol–water partition coefficient (Wildman–Crippen LogP) is 4.21. The van der Waals surface area contributed by atoms with Gasteiger partial charge in [0.15, 0.2) is 0 Å². The summed E-state index contributed by atoms with van der Waals surface area (Å²) >= 11 is 7.31. The third-order valence-electron chi connectivity index (χ3n) is 5.18. The van der Waals surface area contributed by atoms with Gasteiger partial charge in [-0.05, 0) is 57.0 Å². The molecule has 1 saturated carbocycles. The lowest BCUT2D eigenvalue weighted by Crippen LogP contribution is -2.46. The monoisotopic (exact) mass is 363 g/mol. The summed E-state index contributed by atoms with van der Waals surface area (Å²) in [6.07, 6.45) is 6.61. The van der Waals surface area contributed by atoms with Crippen LogP contribution in [-0.2, 0) is 4.79 Å². The van der Waals surface area contributed by atoms with E-state index in [1.807, 2.05) is 18.2 Å². The first-order chi connectivity index (χ1) is 11.7. The van der Waals surface area contributed by atoms with Gasteiger partial charge in [-0.3, -0.25) is 4.79 Å². The summed E-state index contributed by atoms with van der Waals surface area (Å²) < 4.78 is 1.14. The highest BCUT2D eigenvalue weighted by Gasteiger charge is 2.36. The van der Waals surface area contributed by atoms with Gasteiger partial charge in [0.2, 0.25) is 5.91 Å². The Morgan fingerprint density at radius 2 is 2.08 bits per heavy atom. The summed E-state index contributed by atoms with van der Waals surface area (Å²) in [7, 11) is 0. The molecule has 2 aliphatic rings. The molecule has 4 rings (SSSR count). The number of nitrogens with zero attached hydrogens (tertiary/aromatic N) is 2. The molecule has 0 unspecified atom stereocenters. The lowest BCUT2D eigenvalue weighted by atomic mass is 9.79. The van der Waals surface area contributed by atoms with Crippen molar-refractivity contribution in [1.82, 2.24) is 9.88 Å². The number of carbonyl (C=O) groups excluding carboxylic acids is 1. The molecule has 2 heterocycles. The summed E-state index contributed by atoms with van der Waals surface area (Å²) in [5, 5.41) is 4.05. The van der Waals surface area contributed by atoms with E-state index < -0.39 is 0 Å². The van der Waals surface area contributed by atoms with E-state index in [1.165, 1.54) is 50.2 Å². The number of nitrogens with one attached hydrogen (secondary N) is 1. The van der Waals surface area contributed by atoms with Crippen molar-refractivity contribution in [3.05, 3.63) is 23.2 Å². The van der Waals surface area contributed by atoms with Crippen LogP contribution in [0.1, 0.15) is 43.0 Å². The Morgan fingerprint density at radius 3 is 2.83 bits per heavy atom. The van der Waals surface area contributed by atoms with Gasteiger partial charge in [0.05, 0.1) is 15.2 Å². The maximum atomic E-state index is 11.4. The number of thiazole rings is 1. The molecule has 4 nitrogen and oxygen atoms in total. The number of carbonyl (C=O) groups is 1. The SMILES string of the molecule is O=C(CCl)Nc1ccc2nc(C3CC(N4CCCCC4)C3)sc2c1. The average Bonchev–Trinajstić information content (AvgIpc) is 2.97. The molecule has 1 aliphatic carbocycles. The first-order valence-corrected chi connectivity index (χ1v) is 10.1. The van der Waals surface area contributed by atoms with Gasteiger partial charge in [0.1, 0.15) is 5.88 Å². The maximum absolute atomic E-state index is 11.4. The van der Waals surface area contributed by atoms with Crippen molar-refractivity contribution in [2.45, 2.75) is 44.1 Å². The van der Waals surface area contributed by atoms with Crippen molar-refractivity contribution in [3.63, 3.8) is 0 Å². The number of rotatable bonds is 4. The first-order valence-electron chi connectivity index (χ1n) is 8.73. The first kappa shape index (κ1) is 16.3. The number of anilines is 1. The van der Waals surface area contributed by atoms with E-state index in [1.54, 1.807) is 11.3 Å². The van der Waals surface area contributed by atoms with Gasteiger partial charge in [-0.1, -0.05) is 6.42 Å². The molecule has 2 aromatic rings. The molecule has 1 N–H and O–H groups in total. The number of likely N-dealkylation sites (tertiary alicyclic amines) is 1. The van der Waals surface area contributed by atoms with Crippen LogP contribution in [0.25, 0.3) is 10.2 Å². The van der Waals surface area contributed by atoms with E-state index in [0.717, 1.165) is 21.9 Å². The minimum absolute atomic E-state index is 0.0219. The lowest BCUT2D eigenvalue weighted by molar-refractivity contribution is -0.113. The van der Waals surface area contributed by atoms with Crippen molar-refractivity contribution < 1.29 is 4.79 Å². The van der Waals surface area contributed by atoms with Gasteiger partial charge >= 0.3 is 0 Å². The molecule has 1 aliphatic heterocycles. The van der Waals surface area contributed by atoms with Crippen molar-refractivity contribution in [2.24, 2.45) is 0 Å². The van der Waals surface area contributed by atoms with Crippen molar-refractivity contribution in [2.75, 3.05) is 24.3 Å². The second-order valence-corrected chi connectivity index (χ2v) is 8.16. The number of amides is 1. The molecule has 1 saturated heterocycles. The molecule has 1 aromatic carbocycles. The molecule has 24 heavy (non-hydrogen) atoms. The van der Waals surface area contributed by atoms with Gasteiger partial charge in [-0.25, -0.2) is 4.98 Å². The van der Waals surface area contributed by atoms with Gasteiger partial charge < -0.3 is 10.2 Å². The third kappa shape index (κ3) is 3.30. The molecule has 1 amide bonds. The summed E-state index contributed by atoms with van der Waals surface area (Å²) in [5.74, 6) is 0.408. The number of benzene rings is 1. The highest BCUT2D eigenvalue weighted by Crippen LogP contribution is 2.43. The zero-order chi connectivity index (χ0) is 16.5. The van der Waals surface area contributed by atoms with Crippen LogP contribution in [0.15, 0.2) is 18.2 Å². The third-order valence-corrected chi connectivity index (χ3v) is 6.60. The number of fused-ring (bicyclic) bond motifs is 1. The molecular formula is C18H22ClN3OS. The molecule has 2 fully saturated rings. The average molecular weight is 364 g/mol. The topological polar surface area (TPSA) is 45.2 Å². The van der Waals surface area contributed by atoms with E-state index in [-0.39, 0.29) is 11.8 Å². The lowest BCUT2D eigenvalue weighted by Gasteiger charge is -2.43. The molecular weight excluding hydrogens is 342 g/mol. The number of piperidine rings is 1. The Hall–Kier alpha value is -1.17. The standard InChI is InChI=1S/C18H22ClN3OS/c19-11-17(23)20-13-4-5-15-16(10-13)24-18(21-15)12-8-14(9-12)22-6-2-1-3-7-22/h4-5,10,12,14H,1-3,6-9,11H2,(H,20,23). The van der Waals surface area contributed by atoms with Crippen LogP contribution in [0.4, 0.5) is 5.69 Å². The number of hydrogen-bond donors (Lipinski definition) is 1. The van der Waals surface area contributed by atoms with E-state index in [9.17, 15) is 4.79 Å². The molecule has 0 radical (unpaired) electrons. The minimum atomic E-state index is -0.177. The van der Waals surface area contributed by atoms with E-state index in [0.29, 0.717) is 5.92 Å². The van der Waals surface area contributed by atoms with Crippen LogP contribution in [0.5, 0.6) is 0 Å². The van der Waals surface area contributed by atoms with Crippen LogP contribution in [0.3, 0.4) is 0 Å². The second kappa shape index (κ2) is 6.98. The Bertz CT molecular complexity index is 735. The van der Waals surface area contributed by atoms with Crippen molar-refractivity contribution in [3.8, 4) is 0 Å². The largest absolute Gasteiger partial charge is 0.325 e. The zero-order valence-corrected chi connectivity index (χ0v) is 15.2. The molecule has 1 aromatic heterocycles. The zero-order valence-electron chi connectivity index (χ0n) is 13.6. The van der Waals surface area contributed by atoms with Gasteiger partial charge in [0.25, 0.3) is 0 Å². The van der Waals surface area contributed by atoms with Crippen LogP contribution in [-0.4, -0.2) is 40.8 Å². The molecule has 6 heteroatoms. The van der Waals surface area contributed by atoms with Crippen LogP contribution in [0, 0.1) is 0 Å². The Morgan fingerprint density at radius 1 is 1.29 bits per heavy atom. The quantitative estimate of drug-likeness (QED) is 0.828. The van der Waals surface area contributed by atoms with Crippen molar-refractivity contribution in [1.29, 1.82) is 0 Å². The van der Waals surface area contributed by atoms with Crippen LogP contribution >= 0.6 is 22.9 Å². The van der Waals surface area contributed by atoms with Gasteiger partial charge in [-0.15, -0.1) is 22.9 Å². The summed E-state index contributed by atoms with van der Waals surface area (Å²) in [6.45, 7) is 2.56. The Kier molecular flexibility index (Phi) is 4.74. The smallest absolute Gasteiger partial charge is 0.239 e. The predicted molar refractivity (Wildman–Crippen MR) is 100 cm³/mol. The summed E-state index contributed by atoms with van der Waals surface area (Å²) in [6, 6.07) is 6.65. The minimum Gasteiger partial charge on any atom is -0.325 e. The fraction of sp³-hybridized carbons (Fsp3) is 0.556. The Labute approximate surface area is 151 Å².